The van der Waals surface area contributed by atoms with E-state index < -0.39 is 5.97 Å². The first kappa shape index (κ1) is 15.7. The second-order valence-electron chi connectivity index (χ2n) is 4.73. The summed E-state index contributed by atoms with van der Waals surface area (Å²) in [4.78, 5) is 21.9. The highest BCUT2D eigenvalue weighted by Crippen LogP contribution is 2.06. The maximum absolute atomic E-state index is 11.5. The molecule has 0 rings (SSSR count). The van der Waals surface area contributed by atoms with Crippen LogP contribution in [0, 0.1) is 11.8 Å². The molecule has 0 heterocycles. The monoisotopic (exact) mass is 244 g/mol. The third-order valence-electron chi connectivity index (χ3n) is 2.99. The van der Waals surface area contributed by atoms with Crippen LogP contribution in [0.25, 0.3) is 0 Å². The molecule has 0 spiro atoms. The number of amides is 2. The lowest BCUT2D eigenvalue weighted by Gasteiger charge is -2.20. The van der Waals surface area contributed by atoms with Crippen LogP contribution in [0.5, 0.6) is 0 Å². The zero-order valence-corrected chi connectivity index (χ0v) is 11.1. The van der Waals surface area contributed by atoms with Crippen LogP contribution in [0.4, 0.5) is 4.79 Å². The molecule has 3 atom stereocenters. The third-order valence-corrected chi connectivity index (χ3v) is 2.99. The molecule has 0 bridgehead atoms. The van der Waals surface area contributed by atoms with Gasteiger partial charge in [-0.25, -0.2) is 4.79 Å². The number of hydrogen-bond acceptors (Lipinski definition) is 2. The minimum Gasteiger partial charge on any atom is -0.481 e. The molecule has 5 nitrogen and oxygen atoms in total. The maximum atomic E-state index is 11.5. The van der Waals surface area contributed by atoms with Crippen molar-refractivity contribution in [2.45, 2.75) is 46.6 Å². The van der Waals surface area contributed by atoms with Gasteiger partial charge in [0.15, 0.2) is 0 Å². The third kappa shape index (κ3) is 7.60. The van der Waals surface area contributed by atoms with E-state index in [-0.39, 0.29) is 24.4 Å². The van der Waals surface area contributed by atoms with E-state index in [2.05, 4.69) is 24.5 Å². The van der Waals surface area contributed by atoms with E-state index in [4.69, 9.17) is 5.11 Å². The fraction of sp³-hybridized carbons (Fsp3) is 0.833. The number of carbonyl (C=O) groups excluding carboxylic acids is 1. The van der Waals surface area contributed by atoms with Crippen LogP contribution in [0.3, 0.4) is 0 Å². The molecular formula is C12H24N2O3. The molecule has 17 heavy (non-hydrogen) atoms. The lowest BCUT2D eigenvalue weighted by atomic mass is 10.0. The number of carboxylic acid groups (broad SMARTS) is 1. The van der Waals surface area contributed by atoms with Crippen molar-refractivity contribution in [2.24, 2.45) is 11.8 Å². The minimum atomic E-state index is -0.840. The summed E-state index contributed by atoms with van der Waals surface area (Å²) in [5, 5.41) is 14.1. The summed E-state index contributed by atoms with van der Waals surface area (Å²) in [5.41, 5.74) is 0. The Labute approximate surface area is 103 Å². The van der Waals surface area contributed by atoms with Crippen LogP contribution in [0.2, 0.25) is 0 Å². The van der Waals surface area contributed by atoms with Gasteiger partial charge in [0.05, 0.1) is 0 Å². The summed E-state index contributed by atoms with van der Waals surface area (Å²) in [6, 6.07) is -0.107. The normalized spacial score (nSPS) is 15.8. The van der Waals surface area contributed by atoms with Crippen LogP contribution in [0.15, 0.2) is 0 Å². The molecule has 0 fully saturated rings. The smallest absolute Gasteiger partial charge is 0.315 e. The predicted octanol–water partition coefficient (Wildman–Crippen LogP) is 1.83. The molecule has 0 aliphatic rings. The summed E-state index contributed by atoms with van der Waals surface area (Å²) in [7, 11) is 0. The quantitative estimate of drug-likeness (QED) is 0.639. The first-order valence-corrected chi connectivity index (χ1v) is 6.12. The Bertz CT molecular complexity index is 256. The summed E-state index contributed by atoms with van der Waals surface area (Å²) < 4.78 is 0. The zero-order valence-electron chi connectivity index (χ0n) is 11.1. The molecule has 0 radical (unpaired) electrons. The topological polar surface area (TPSA) is 78.4 Å². The van der Waals surface area contributed by atoms with Crippen molar-refractivity contribution < 1.29 is 14.7 Å². The lowest BCUT2D eigenvalue weighted by molar-refractivity contribution is -0.137. The molecule has 0 saturated carbocycles. The van der Waals surface area contributed by atoms with E-state index in [0.29, 0.717) is 12.5 Å². The van der Waals surface area contributed by atoms with E-state index in [1.165, 1.54) is 0 Å². The van der Waals surface area contributed by atoms with Crippen molar-refractivity contribution in [1.82, 2.24) is 10.6 Å². The second-order valence-corrected chi connectivity index (χ2v) is 4.73. The molecule has 3 unspecified atom stereocenters. The van der Waals surface area contributed by atoms with Gasteiger partial charge in [-0.2, -0.15) is 0 Å². The Morgan fingerprint density at radius 3 is 2.29 bits per heavy atom. The largest absolute Gasteiger partial charge is 0.481 e. The summed E-state index contributed by atoms with van der Waals surface area (Å²) in [6.45, 7) is 8.31. The average Bonchev–Trinajstić information content (AvgIpc) is 2.24. The van der Waals surface area contributed by atoms with Crippen molar-refractivity contribution in [1.29, 1.82) is 0 Å². The van der Waals surface area contributed by atoms with E-state index in [1.807, 2.05) is 6.92 Å². The number of urea groups is 1. The molecule has 3 N–H and O–H groups in total. The van der Waals surface area contributed by atoms with Gasteiger partial charge in [0, 0.05) is 19.0 Å². The van der Waals surface area contributed by atoms with Crippen molar-refractivity contribution in [3.05, 3.63) is 0 Å². The van der Waals surface area contributed by atoms with Gasteiger partial charge in [0.25, 0.3) is 0 Å². The summed E-state index contributed by atoms with van der Waals surface area (Å²) >= 11 is 0. The van der Waals surface area contributed by atoms with E-state index in [0.717, 1.165) is 6.42 Å². The molecule has 0 aliphatic carbocycles. The van der Waals surface area contributed by atoms with Crippen LogP contribution < -0.4 is 10.6 Å². The molecular weight excluding hydrogens is 220 g/mol. The van der Waals surface area contributed by atoms with Crippen LogP contribution in [0.1, 0.15) is 40.5 Å². The summed E-state index contributed by atoms with van der Waals surface area (Å²) in [5.74, 6) is -0.470. The summed E-state index contributed by atoms with van der Waals surface area (Å²) in [6.07, 6.45) is 1.08. The van der Waals surface area contributed by atoms with Gasteiger partial charge >= 0.3 is 12.0 Å². The number of carbonyl (C=O) groups is 2. The number of aliphatic carboxylic acids is 1. The van der Waals surface area contributed by atoms with Gasteiger partial charge in [-0.1, -0.05) is 27.2 Å². The van der Waals surface area contributed by atoms with Crippen LogP contribution >= 0.6 is 0 Å². The molecule has 100 valence electrons. The Kier molecular flexibility index (Phi) is 7.34. The van der Waals surface area contributed by atoms with Gasteiger partial charge in [0.1, 0.15) is 0 Å². The molecule has 0 aliphatic heterocycles. The van der Waals surface area contributed by atoms with E-state index in [9.17, 15) is 9.59 Å². The Hall–Kier alpha value is -1.26. The van der Waals surface area contributed by atoms with Crippen molar-refractivity contribution in [2.75, 3.05) is 6.54 Å². The lowest BCUT2D eigenvalue weighted by Crippen LogP contribution is -2.44. The highest BCUT2D eigenvalue weighted by atomic mass is 16.4. The molecule has 0 aromatic rings. The fourth-order valence-corrected chi connectivity index (χ4v) is 1.39. The van der Waals surface area contributed by atoms with Gasteiger partial charge in [-0.15, -0.1) is 0 Å². The Balaban J connectivity index is 3.83. The number of nitrogens with one attached hydrogen (secondary N) is 2. The van der Waals surface area contributed by atoms with E-state index in [1.54, 1.807) is 6.92 Å². The first-order valence-electron chi connectivity index (χ1n) is 6.12. The standard InChI is InChI=1S/C12H24N2O3/c1-5-9(3)10(4)14-12(17)13-7-8(2)6-11(15)16/h8-10H,5-7H2,1-4H3,(H,15,16)(H2,13,14,17). The SMILES string of the molecule is CCC(C)C(C)NC(=O)NCC(C)CC(=O)O. The highest BCUT2D eigenvalue weighted by molar-refractivity contribution is 5.74. The average molecular weight is 244 g/mol. The van der Waals surface area contributed by atoms with E-state index >= 15 is 0 Å². The fourth-order valence-electron chi connectivity index (χ4n) is 1.39. The van der Waals surface area contributed by atoms with Gasteiger partial charge < -0.3 is 15.7 Å². The zero-order chi connectivity index (χ0) is 13.4. The van der Waals surface area contributed by atoms with Gasteiger partial charge in [-0.3, -0.25) is 4.79 Å². The number of hydrogen-bond donors (Lipinski definition) is 3. The minimum absolute atomic E-state index is 0.0582. The second kappa shape index (κ2) is 7.92. The predicted molar refractivity (Wildman–Crippen MR) is 66.9 cm³/mol. The highest BCUT2D eigenvalue weighted by Gasteiger charge is 2.14. The molecule has 0 saturated heterocycles. The number of carboxylic acids is 1. The van der Waals surface area contributed by atoms with Gasteiger partial charge in [-0.05, 0) is 18.8 Å². The van der Waals surface area contributed by atoms with Crippen molar-refractivity contribution >= 4 is 12.0 Å². The molecule has 0 aromatic heterocycles. The molecule has 0 aromatic carbocycles. The van der Waals surface area contributed by atoms with Crippen LogP contribution in [-0.2, 0) is 4.79 Å². The van der Waals surface area contributed by atoms with Gasteiger partial charge in [0.2, 0.25) is 0 Å². The van der Waals surface area contributed by atoms with Crippen molar-refractivity contribution in [3.8, 4) is 0 Å². The Morgan fingerprint density at radius 2 is 1.82 bits per heavy atom. The number of rotatable bonds is 7. The maximum Gasteiger partial charge on any atom is 0.315 e. The first-order chi connectivity index (χ1) is 7.86. The Morgan fingerprint density at radius 1 is 1.24 bits per heavy atom. The molecule has 2 amide bonds. The van der Waals surface area contributed by atoms with Crippen LogP contribution in [-0.4, -0.2) is 29.7 Å². The molecule has 5 heteroatoms. The van der Waals surface area contributed by atoms with Crippen molar-refractivity contribution in [3.63, 3.8) is 0 Å².